The summed E-state index contributed by atoms with van der Waals surface area (Å²) in [5.74, 6) is 0.720. The van der Waals surface area contributed by atoms with Gasteiger partial charge in [0.15, 0.2) is 12.4 Å². The average molecular weight is 424 g/mol. The lowest BCUT2D eigenvalue weighted by Gasteiger charge is -1.97. The van der Waals surface area contributed by atoms with Gasteiger partial charge in [-0.3, -0.25) is 10.1 Å². The SMILES string of the molecule is CCCC[n+]1ccc(-c2nc3ccc([N+](=O)[O-])cc3[nH]2)cc1.[I-]. The molecular formula is C16H17IN4O2. The fraction of sp³-hybridized carbons (Fsp3) is 0.250. The second kappa shape index (κ2) is 7.49. The number of H-pyrrole nitrogens is 1. The zero-order valence-corrected chi connectivity index (χ0v) is 14.9. The predicted octanol–water partition coefficient (Wildman–Crippen LogP) is 0.230. The van der Waals surface area contributed by atoms with Crippen molar-refractivity contribution in [2.24, 2.45) is 0 Å². The Balaban J connectivity index is 0.00000192. The number of imidazole rings is 1. The molecule has 120 valence electrons. The first kappa shape index (κ1) is 17.3. The summed E-state index contributed by atoms with van der Waals surface area (Å²) in [6, 6.07) is 8.65. The van der Waals surface area contributed by atoms with Crippen LogP contribution in [0.5, 0.6) is 0 Å². The van der Waals surface area contributed by atoms with Gasteiger partial charge in [0.25, 0.3) is 5.69 Å². The molecule has 0 saturated heterocycles. The molecule has 0 bridgehead atoms. The van der Waals surface area contributed by atoms with Crippen molar-refractivity contribution in [2.75, 3.05) is 0 Å². The number of benzene rings is 1. The summed E-state index contributed by atoms with van der Waals surface area (Å²) in [7, 11) is 0. The first-order valence-electron chi connectivity index (χ1n) is 7.31. The van der Waals surface area contributed by atoms with E-state index in [1.54, 1.807) is 6.07 Å². The fourth-order valence-electron chi connectivity index (χ4n) is 2.35. The lowest BCUT2D eigenvalue weighted by Crippen LogP contribution is -3.00. The number of non-ortho nitro benzene ring substituents is 1. The van der Waals surface area contributed by atoms with Gasteiger partial charge in [-0.05, 0) is 6.07 Å². The number of rotatable bonds is 5. The predicted molar refractivity (Wildman–Crippen MR) is 83.3 cm³/mol. The van der Waals surface area contributed by atoms with Gasteiger partial charge in [0, 0.05) is 36.2 Å². The van der Waals surface area contributed by atoms with Gasteiger partial charge in [-0.15, -0.1) is 0 Å². The van der Waals surface area contributed by atoms with Crippen LogP contribution in [0.25, 0.3) is 22.4 Å². The molecule has 0 spiro atoms. The largest absolute Gasteiger partial charge is 1.00 e. The van der Waals surface area contributed by atoms with E-state index in [0.29, 0.717) is 5.52 Å². The number of pyridine rings is 1. The number of aryl methyl sites for hydroxylation is 1. The van der Waals surface area contributed by atoms with Gasteiger partial charge in [-0.25, -0.2) is 9.55 Å². The van der Waals surface area contributed by atoms with Gasteiger partial charge >= 0.3 is 0 Å². The van der Waals surface area contributed by atoms with Crippen LogP contribution in [0.1, 0.15) is 19.8 Å². The molecule has 0 unspecified atom stereocenters. The van der Waals surface area contributed by atoms with Crippen LogP contribution >= 0.6 is 0 Å². The smallest absolute Gasteiger partial charge is 0.271 e. The van der Waals surface area contributed by atoms with Crippen LogP contribution < -0.4 is 28.5 Å². The summed E-state index contributed by atoms with van der Waals surface area (Å²) in [5.41, 5.74) is 2.43. The van der Waals surface area contributed by atoms with Crippen molar-refractivity contribution in [3.05, 3.63) is 52.8 Å². The lowest BCUT2D eigenvalue weighted by atomic mass is 10.2. The first-order chi connectivity index (χ1) is 10.7. The Morgan fingerprint density at radius 3 is 2.65 bits per heavy atom. The fourth-order valence-corrected chi connectivity index (χ4v) is 2.35. The Labute approximate surface area is 150 Å². The number of unbranched alkanes of at least 4 members (excludes halogenated alkanes) is 1. The highest BCUT2D eigenvalue weighted by molar-refractivity contribution is 5.81. The molecule has 2 aromatic heterocycles. The van der Waals surface area contributed by atoms with E-state index >= 15 is 0 Å². The molecule has 0 radical (unpaired) electrons. The molecule has 0 atom stereocenters. The highest BCUT2D eigenvalue weighted by Crippen LogP contribution is 2.23. The second-order valence-electron chi connectivity index (χ2n) is 5.22. The number of hydrogen-bond acceptors (Lipinski definition) is 3. The summed E-state index contributed by atoms with van der Waals surface area (Å²) >= 11 is 0. The molecule has 0 fully saturated rings. The van der Waals surface area contributed by atoms with Gasteiger partial charge in [-0.2, -0.15) is 0 Å². The Hall–Kier alpha value is -2.03. The van der Waals surface area contributed by atoms with Crippen LogP contribution in [0, 0.1) is 10.1 Å². The quantitative estimate of drug-likeness (QED) is 0.276. The lowest BCUT2D eigenvalue weighted by molar-refractivity contribution is -0.697. The van der Waals surface area contributed by atoms with Crippen molar-refractivity contribution in [1.82, 2.24) is 9.97 Å². The minimum atomic E-state index is -0.404. The van der Waals surface area contributed by atoms with Crippen LogP contribution in [0.15, 0.2) is 42.7 Å². The maximum absolute atomic E-state index is 10.8. The Morgan fingerprint density at radius 1 is 1.26 bits per heavy atom. The number of aromatic nitrogens is 3. The number of nitro benzene ring substituents is 1. The van der Waals surface area contributed by atoms with E-state index in [1.807, 2.05) is 24.5 Å². The molecule has 0 aliphatic heterocycles. The summed E-state index contributed by atoms with van der Waals surface area (Å²) in [5, 5.41) is 10.8. The van der Waals surface area contributed by atoms with Gasteiger partial charge < -0.3 is 29.0 Å². The molecule has 2 heterocycles. The molecule has 23 heavy (non-hydrogen) atoms. The minimum Gasteiger partial charge on any atom is -1.00 e. The third-order valence-corrected chi connectivity index (χ3v) is 3.61. The molecule has 0 amide bonds. The number of fused-ring (bicyclic) bond motifs is 1. The molecule has 7 heteroatoms. The number of nitrogens with one attached hydrogen (secondary N) is 1. The summed E-state index contributed by atoms with van der Waals surface area (Å²) in [6.07, 6.45) is 6.37. The summed E-state index contributed by atoms with van der Waals surface area (Å²) in [4.78, 5) is 18.0. The van der Waals surface area contributed by atoms with E-state index in [0.717, 1.165) is 36.3 Å². The maximum Gasteiger partial charge on any atom is 0.271 e. The molecule has 0 aliphatic rings. The topological polar surface area (TPSA) is 75.7 Å². The van der Waals surface area contributed by atoms with E-state index in [-0.39, 0.29) is 29.7 Å². The summed E-state index contributed by atoms with van der Waals surface area (Å²) < 4.78 is 2.14. The van der Waals surface area contributed by atoms with Crippen molar-refractivity contribution in [1.29, 1.82) is 0 Å². The van der Waals surface area contributed by atoms with Crippen molar-refractivity contribution >= 4 is 16.7 Å². The van der Waals surface area contributed by atoms with Crippen LogP contribution in [-0.4, -0.2) is 14.9 Å². The average Bonchev–Trinajstić information content (AvgIpc) is 2.96. The van der Waals surface area contributed by atoms with Crippen LogP contribution in [0.3, 0.4) is 0 Å². The molecule has 0 aliphatic carbocycles. The van der Waals surface area contributed by atoms with E-state index in [4.69, 9.17) is 0 Å². The second-order valence-corrected chi connectivity index (χ2v) is 5.22. The number of hydrogen-bond donors (Lipinski definition) is 1. The number of aromatic amines is 1. The molecule has 6 nitrogen and oxygen atoms in total. The number of nitrogens with zero attached hydrogens (tertiary/aromatic N) is 3. The molecule has 0 saturated carbocycles. The highest BCUT2D eigenvalue weighted by Gasteiger charge is 2.11. The molecule has 3 aromatic rings. The Bertz CT molecular complexity index is 815. The van der Waals surface area contributed by atoms with E-state index in [1.165, 1.54) is 12.1 Å². The van der Waals surface area contributed by atoms with Crippen molar-refractivity contribution in [3.8, 4) is 11.4 Å². The van der Waals surface area contributed by atoms with Gasteiger partial charge in [0.05, 0.1) is 16.0 Å². The maximum atomic E-state index is 10.8. The third kappa shape index (κ3) is 3.84. The van der Waals surface area contributed by atoms with Crippen LogP contribution in [0.2, 0.25) is 0 Å². The standard InChI is InChI=1S/C16H16N4O2.HI/c1-2-3-8-19-9-6-12(7-10-19)16-17-14-5-4-13(20(21)22)11-15(14)18-16;/h4-7,9-11H,2-3,8H2,1H3;1H. The van der Waals surface area contributed by atoms with Crippen molar-refractivity contribution < 1.29 is 33.5 Å². The molecular weight excluding hydrogens is 407 g/mol. The van der Waals surface area contributed by atoms with Gasteiger partial charge in [-0.1, -0.05) is 13.3 Å². The number of halogens is 1. The van der Waals surface area contributed by atoms with Crippen LogP contribution in [0.4, 0.5) is 5.69 Å². The molecule has 1 N–H and O–H groups in total. The number of nitro groups is 1. The Kier molecular flexibility index (Phi) is 5.64. The third-order valence-electron chi connectivity index (χ3n) is 3.61. The van der Waals surface area contributed by atoms with E-state index in [9.17, 15) is 10.1 Å². The van der Waals surface area contributed by atoms with Crippen LogP contribution in [-0.2, 0) is 6.54 Å². The van der Waals surface area contributed by atoms with Crippen molar-refractivity contribution in [2.45, 2.75) is 26.3 Å². The van der Waals surface area contributed by atoms with E-state index < -0.39 is 4.92 Å². The highest BCUT2D eigenvalue weighted by atomic mass is 127. The summed E-state index contributed by atoms with van der Waals surface area (Å²) in [6.45, 7) is 3.17. The minimum absolute atomic E-state index is 0. The van der Waals surface area contributed by atoms with Gasteiger partial charge in [0.1, 0.15) is 12.4 Å². The molecule has 1 aromatic carbocycles. The normalized spacial score (nSPS) is 10.5. The van der Waals surface area contributed by atoms with Gasteiger partial charge in [0.2, 0.25) is 0 Å². The molecule has 3 rings (SSSR count). The monoisotopic (exact) mass is 424 g/mol. The first-order valence-corrected chi connectivity index (χ1v) is 7.31. The van der Waals surface area contributed by atoms with Crippen molar-refractivity contribution in [3.63, 3.8) is 0 Å². The Morgan fingerprint density at radius 2 is 2.00 bits per heavy atom. The van der Waals surface area contributed by atoms with E-state index in [2.05, 4.69) is 21.5 Å². The zero-order valence-electron chi connectivity index (χ0n) is 12.7. The zero-order chi connectivity index (χ0) is 15.5.